The third-order valence-electron chi connectivity index (χ3n) is 7.18. The Bertz CT molecular complexity index is 1250. The van der Waals surface area contributed by atoms with Crippen molar-refractivity contribution >= 4 is 6.08 Å². The summed E-state index contributed by atoms with van der Waals surface area (Å²) in [5.74, 6) is 0.0762. The monoisotopic (exact) mass is 594 g/mol. The third kappa shape index (κ3) is 6.17. The maximum absolute atomic E-state index is 3.85. The van der Waals surface area contributed by atoms with Crippen LogP contribution in [0.1, 0.15) is 67.1 Å². The van der Waals surface area contributed by atoms with Crippen LogP contribution in [0.5, 0.6) is 0 Å². The van der Waals surface area contributed by atoms with Gasteiger partial charge in [0.1, 0.15) is 0 Å². The van der Waals surface area contributed by atoms with Crippen LogP contribution >= 0.6 is 0 Å². The van der Waals surface area contributed by atoms with Gasteiger partial charge in [-0.3, -0.25) is 6.08 Å². The molecule has 4 aromatic rings. The van der Waals surface area contributed by atoms with Crippen LogP contribution in [0.15, 0.2) is 78.9 Å². The molecule has 0 aliphatic heterocycles. The molecule has 0 spiro atoms. The van der Waals surface area contributed by atoms with Crippen LogP contribution < -0.4 is 37.2 Å². The predicted octanol–water partition coefficient (Wildman–Crippen LogP) is -0.505. The van der Waals surface area contributed by atoms with E-state index in [0.717, 1.165) is 0 Å². The minimum atomic E-state index is -0.395. The number of fused-ring (bicyclic) bond motifs is 1. The van der Waals surface area contributed by atoms with Gasteiger partial charge in [0.25, 0.3) is 0 Å². The zero-order valence-electron chi connectivity index (χ0n) is 22.8. The fraction of sp³-hybridized carbons (Fsp3) is 0.235. The molecule has 0 radical (unpaired) electrons. The molecule has 0 nitrogen and oxygen atoms in total. The van der Waals surface area contributed by atoms with E-state index in [9.17, 15) is 0 Å². The van der Waals surface area contributed by atoms with E-state index in [4.69, 9.17) is 0 Å². The molecule has 0 heterocycles. The third-order valence-corrected chi connectivity index (χ3v) is 7.18. The predicted molar refractivity (Wildman–Crippen MR) is 145 cm³/mol. The minimum absolute atomic E-state index is 0. The SMILES string of the molecule is Cc1cc(C)cc(C(c2cc(C)cc(C)c2)(c2cc(C)cc(C)c2)C2[C-]=Cc3ccccc32)c1.[Cl-].[Cl-].[Cl-].[Ti+4]. The first-order chi connectivity index (χ1) is 16.3. The molecule has 5 rings (SSSR count). The molecule has 1 unspecified atom stereocenters. The topological polar surface area (TPSA) is 0 Å². The second-order valence-corrected chi connectivity index (χ2v) is 10.3. The van der Waals surface area contributed by atoms with E-state index in [1.165, 1.54) is 61.2 Å². The van der Waals surface area contributed by atoms with Gasteiger partial charge in [-0.05, 0) is 58.2 Å². The van der Waals surface area contributed by atoms with Gasteiger partial charge >= 0.3 is 21.7 Å². The Morgan fingerprint density at radius 2 is 0.868 bits per heavy atom. The zero-order valence-corrected chi connectivity index (χ0v) is 26.6. The van der Waals surface area contributed by atoms with Crippen LogP contribution in [-0.4, -0.2) is 0 Å². The summed E-state index contributed by atoms with van der Waals surface area (Å²) in [5, 5.41) is 0. The second kappa shape index (κ2) is 13.5. The van der Waals surface area contributed by atoms with Gasteiger partial charge in [-0.2, -0.15) is 5.56 Å². The average molecular weight is 596 g/mol. The maximum atomic E-state index is 3.85. The van der Waals surface area contributed by atoms with Gasteiger partial charge < -0.3 is 37.2 Å². The van der Waals surface area contributed by atoms with Gasteiger partial charge in [0, 0.05) is 5.41 Å². The van der Waals surface area contributed by atoms with Crippen molar-refractivity contribution in [2.45, 2.75) is 52.9 Å². The van der Waals surface area contributed by atoms with Crippen LogP contribution in [0.2, 0.25) is 0 Å². The molecular formula is C34H33Cl3Ti. The van der Waals surface area contributed by atoms with Gasteiger partial charge in [-0.25, -0.2) is 6.08 Å². The van der Waals surface area contributed by atoms with Gasteiger partial charge in [-0.15, -0.1) is 11.6 Å². The summed E-state index contributed by atoms with van der Waals surface area (Å²) in [6, 6.07) is 30.0. The number of hydrogen-bond acceptors (Lipinski definition) is 0. The van der Waals surface area contributed by atoms with E-state index in [1.807, 2.05) is 0 Å². The number of hydrogen-bond donors (Lipinski definition) is 0. The van der Waals surface area contributed by atoms with Crippen LogP contribution in [0.25, 0.3) is 6.08 Å². The number of allylic oxidation sites excluding steroid dienone is 1. The molecular weight excluding hydrogens is 563 g/mol. The molecule has 4 aromatic carbocycles. The van der Waals surface area contributed by atoms with Crippen LogP contribution in [0.4, 0.5) is 0 Å². The molecule has 194 valence electrons. The molecule has 0 saturated carbocycles. The molecule has 1 atom stereocenters. The van der Waals surface area contributed by atoms with E-state index >= 15 is 0 Å². The van der Waals surface area contributed by atoms with Crippen molar-refractivity contribution in [1.29, 1.82) is 0 Å². The zero-order chi connectivity index (χ0) is 24.0. The van der Waals surface area contributed by atoms with E-state index in [1.54, 1.807) is 0 Å². The van der Waals surface area contributed by atoms with Gasteiger partial charge in [0.15, 0.2) is 0 Å². The quantitative estimate of drug-likeness (QED) is 0.170. The Morgan fingerprint density at radius 1 is 0.526 bits per heavy atom. The summed E-state index contributed by atoms with van der Waals surface area (Å²) in [7, 11) is 0. The summed E-state index contributed by atoms with van der Waals surface area (Å²) in [5.41, 5.74) is 14.0. The molecule has 1 aliphatic rings. The summed E-state index contributed by atoms with van der Waals surface area (Å²) >= 11 is 0. The summed E-state index contributed by atoms with van der Waals surface area (Å²) in [6.45, 7) is 13.3. The molecule has 0 saturated heterocycles. The van der Waals surface area contributed by atoms with Crippen molar-refractivity contribution in [3.63, 3.8) is 0 Å². The molecule has 0 N–H and O–H groups in total. The largest absolute Gasteiger partial charge is 4.00 e. The Kier molecular flexibility index (Phi) is 12.2. The number of rotatable bonds is 4. The summed E-state index contributed by atoms with van der Waals surface area (Å²) in [6.07, 6.45) is 6.05. The second-order valence-electron chi connectivity index (χ2n) is 10.3. The standard InChI is InChI=1S/C34H33.3ClH.Ti/c1-22-13-23(2)17-29(16-22)34(30-18-24(3)14-25(4)19-30,31-20-26(5)15-27(6)21-31)33-12-11-28-9-7-8-10-32(28)33;;;;/h7-11,13-21,33H,1-6H3;3*1H;/q-1;;;;+4/p-3. The first kappa shape index (κ1) is 34.2. The smallest absolute Gasteiger partial charge is 1.00 e. The molecule has 0 amide bonds. The van der Waals surface area contributed by atoms with Crippen LogP contribution in [-0.2, 0) is 27.1 Å². The van der Waals surface area contributed by atoms with Crippen LogP contribution in [0, 0.1) is 47.6 Å². The summed E-state index contributed by atoms with van der Waals surface area (Å²) < 4.78 is 0. The van der Waals surface area contributed by atoms with Gasteiger partial charge in [0.2, 0.25) is 0 Å². The first-order valence-electron chi connectivity index (χ1n) is 12.2. The fourth-order valence-electron chi connectivity index (χ4n) is 6.13. The van der Waals surface area contributed by atoms with Crippen molar-refractivity contribution in [3.05, 3.63) is 146 Å². The van der Waals surface area contributed by atoms with E-state index in [0.29, 0.717) is 0 Å². The van der Waals surface area contributed by atoms with Gasteiger partial charge in [-0.1, -0.05) is 112 Å². The first-order valence-corrected chi connectivity index (χ1v) is 12.2. The Hall–Kier alpha value is -1.80. The average Bonchev–Trinajstić information content (AvgIpc) is 3.17. The Morgan fingerprint density at radius 3 is 1.24 bits per heavy atom. The number of halogens is 3. The Balaban J connectivity index is 0.00000180. The molecule has 0 bridgehead atoms. The molecule has 1 aliphatic carbocycles. The maximum Gasteiger partial charge on any atom is 4.00 e. The Labute approximate surface area is 262 Å². The number of aryl methyl sites for hydroxylation is 6. The minimum Gasteiger partial charge on any atom is -1.00 e. The van der Waals surface area contributed by atoms with E-state index in [2.05, 4.69) is 133 Å². The van der Waals surface area contributed by atoms with Crippen molar-refractivity contribution in [2.75, 3.05) is 0 Å². The van der Waals surface area contributed by atoms with Crippen molar-refractivity contribution in [2.24, 2.45) is 0 Å². The van der Waals surface area contributed by atoms with Crippen molar-refractivity contribution in [3.8, 4) is 0 Å². The molecule has 0 fully saturated rings. The van der Waals surface area contributed by atoms with E-state index < -0.39 is 5.41 Å². The van der Waals surface area contributed by atoms with Crippen molar-refractivity contribution in [1.82, 2.24) is 0 Å². The molecule has 4 heteroatoms. The normalized spacial score (nSPS) is 13.4. The number of benzene rings is 4. The fourth-order valence-corrected chi connectivity index (χ4v) is 6.13. The molecule has 38 heavy (non-hydrogen) atoms. The van der Waals surface area contributed by atoms with E-state index in [-0.39, 0.29) is 64.9 Å². The summed E-state index contributed by atoms with van der Waals surface area (Å²) in [4.78, 5) is 0. The van der Waals surface area contributed by atoms with Gasteiger partial charge in [0.05, 0.1) is 0 Å². The van der Waals surface area contributed by atoms with Crippen molar-refractivity contribution < 1.29 is 58.9 Å². The molecule has 0 aromatic heterocycles. The van der Waals surface area contributed by atoms with Crippen LogP contribution in [0.3, 0.4) is 0 Å².